The second-order valence-electron chi connectivity index (χ2n) is 9.17. The van der Waals surface area contributed by atoms with Gasteiger partial charge in [0.05, 0.1) is 25.0 Å². The lowest BCUT2D eigenvalue weighted by atomic mass is 10.0. The molecule has 1 aromatic rings. The molecule has 10 heteroatoms. The van der Waals surface area contributed by atoms with Crippen molar-refractivity contribution in [3.8, 4) is 5.75 Å². The van der Waals surface area contributed by atoms with Gasteiger partial charge >= 0.3 is 18.1 Å². The zero-order chi connectivity index (χ0) is 24.2. The Kier molecular flexibility index (Phi) is 7.68. The van der Waals surface area contributed by atoms with Gasteiger partial charge in [-0.15, -0.1) is 0 Å². The molecule has 33 heavy (non-hydrogen) atoms. The Morgan fingerprint density at radius 1 is 1.21 bits per heavy atom. The minimum absolute atomic E-state index is 0.111. The van der Waals surface area contributed by atoms with Gasteiger partial charge in [-0.2, -0.15) is 0 Å². The van der Waals surface area contributed by atoms with E-state index in [9.17, 15) is 14.4 Å². The van der Waals surface area contributed by atoms with Gasteiger partial charge < -0.3 is 29.7 Å². The van der Waals surface area contributed by atoms with Crippen molar-refractivity contribution in [3.63, 3.8) is 0 Å². The first-order valence-electron chi connectivity index (χ1n) is 11.3. The lowest BCUT2D eigenvalue weighted by Crippen LogP contribution is -2.55. The van der Waals surface area contributed by atoms with E-state index in [0.29, 0.717) is 50.8 Å². The zero-order valence-corrected chi connectivity index (χ0v) is 20.0. The first kappa shape index (κ1) is 24.6. The molecule has 0 bridgehead atoms. The van der Waals surface area contributed by atoms with Crippen LogP contribution >= 0.6 is 0 Å². The fourth-order valence-electron chi connectivity index (χ4n) is 3.98. The smallest absolute Gasteiger partial charge is 0.410 e. The van der Waals surface area contributed by atoms with Crippen molar-refractivity contribution in [1.82, 2.24) is 15.1 Å². The molecule has 0 aromatic heterocycles. The number of nitrogens with one attached hydrogen (secondary N) is 2. The highest BCUT2D eigenvalue weighted by Gasteiger charge is 2.33. The molecule has 2 aliphatic rings. The van der Waals surface area contributed by atoms with Gasteiger partial charge in [-0.3, -0.25) is 4.90 Å². The average molecular weight is 463 g/mol. The van der Waals surface area contributed by atoms with E-state index in [1.165, 1.54) is 7.11 Å². The van der Waals surface area contributed by atoms with E-state index in [1.54, 1.807) is 17.0 Å². The molecule has 0 spiro atoms. The predicted octanol–water partition coefficient (Wildman–Crippen LogP) is 2.82. The molecule has 1 saturated heterocycles. The van der Waals surface area contributed by atoms with E-state index in [0.717, 1.165) is 12.0 Å². The van der Waals surface area contributed by atoms with E-state index in [4.69, 9.17) is 14.2 Å². The van der Waals surface area contributed by atoms with Crippen LogP contribution in [0.4, 0.5) is 15.3 Å². The monoisotopic (exact) mass is 462 g/mol. The normalized spacial score (nSPS) is 18.6. The molecular weight excluding hydrogens is 428 g/mol. The molecule has 1 fully saturated rings. The number of urea groups is 1. The van der Waals surface area contributed by atoms with Crippen LogP contribution in [-0.4, -0.2) is 79.4 Å². The van der Waals surface area contributed by atoms with Crippen LogP contribution in [0.3, 0.4) is 0 Å². The van der Waals surface area contributed by atoms with Crippen molar-refractivity contribution < 1.29 is 28.6 Å². The molecule has 1 atom stereocenters. The van der Waals surface area contributed by atoms with Crippen LogP contribution < -0.4 is 15.4 Å². The van der Waals surface area contributed by atoms with Crippen LogP contribution in [-0.2, 0) is 16.0 Å². The molecule has 10 nitrogen and oxygen atoms in total. The number of carbonyl (C=O) groups is 3. The molecule has 2 heterocycles. The Balaban J connectivity index is 1.81. The van der Waals surface area contributed by atoms with Crippen LogP contribution in [0.1, 0.15) is 50.0 Å². The fourth-order valence-corrected chi connectivity index (χ4v) is 3.98. The number of carbonyl (C=O) groups excluding carboxylic acids is 3. The van der Waals surface area contributed by atoms with Crippen LogP contribution in [0, 0.1) is 0 Å². The van der Waals surface area contributed by atoms with Crippen molar-refractivity contribution in [2.24, 2.45) is 0 Å². The maximum Gasteiger partial charge on any atom is 0.410 e. The molecule has 0 aliphatic carbocycles. The number of piperazine rings is 1. The maximum absolute atomic E-state index is 12.5. The lowest BCUT2D eigenvalue weighted by molar-refractivity contribution is -0.00193. The molecule has 0 unspecified atom stereocenters. The second-order valence-corrected chi connectivity index (χ2v) is 9.17. The summed E-state index contributed by atoms with van der Waals surface area (Å²) >= 11 is 0. The summed E-state index contributed by atoms with van der Waals surface area (Å²) in [5, 5.41) is 5.40. The van der Waals surface area contributed by atoms with Crippen molar-refractivity contribution in [2.75, 3.05) is 45.2 Å². The Morgan fingerprint density at radius 2 is 1.97 bits per heavy atom. The number of hydrogen-bond donors (Lipinski definition) is 2. The Hall–Kier alpha value is -3.01. The highest BCUT2D eigenvalue weighted by atomic mass is 16.6. The van der Waals surface area contributed by atoms with Gasteiger partial charge in [0, 0.05) is 44.3 Å². The highest BCUT2D eigenvalue weighted by Crippen LogP contribution is 2.32. The summed E-state index contributed by atoms with van der Waals surface area (Å²) in [5.74, 6) is 0.0315. The second kappa shape index (κ2) is 10.3. The number of fused-ring (bicyclic) bond motifs is 2. The third kappa shape index (κ3) is 6.28. The molecular formula is C23H34N4O6. The first-order valence-corrected chi connectivity index (χ1v) is 11.3. The Morgan fingerprint density at radius 3 is 2.64 bits per heavy atom. The van der Waals surface area contributed by atoms with Crippen molar-refractivity contribution in [1.29, 1.82) is 0 Å². The maximum atomic E-state index is 12.5. The number of esters is 1. The topological polar surface area (TPSA) is 109 Å². The molecule has 1 aromatic carbocycles. The van der Waals surface area contributed by atoms with Crippen LogP contribution in [0.5, 0.6) is 5.75 Å². The molecule has 2 aliphatic heterocycles. The third-order valence-corrected chi connectivity index (χ3v) is 5.53. The summed E-state index contributed by atoms with van der Waals surface area (Å²) < 4.78 is 16.4. The van der Waals surface area contributed by atoms with E-state index in [1.807, 2.05) is 27.7 Å². The van der Waals surface area contributed by atoms with Crippen molar-refractivity contribution in [3.05, 3.63) is 23.3 Å². The Labute approximate surface area is 194 Å². The lowest BCUT2D eigenvalue weighted by Gasteiger charge is -2.42. The standard InChI is InChI=1S/C23H34N4O6/c1-6-24-21(29)25-18-11-15-13-26-8-9-27(22(30)33-23(2,3)4)14-16(26)7-10-32-19(15)12-17(18)20(28)31-5/h11-12,16H,6-10,13-14H2,1-5H3,(H2,24,25,29)/t16-/m0/s1. The van der Waals surface area contributed by atoms with Crippen LogP contribution in [0.2, 0.25) is 0 Å². The number of benzene rings is 1. The van der Waals surface area contributed by atoms with E-state index >= 15 is 0 Å². The molecule has 3 amide bonds. The predicted molar refractivity (Wildman–Crippen MR) is 123 cm³/mol. The van der Waals surface area contributed by atoms with Gasteiger partial charge in [0.25, 0.3) is 0 Å². The third-order valence-electron chi connectivity index (χ3n) is 5.53. The van der Waals surface area contributed by atoms with Gasteiger partial charge in [-0.25, -0.2) is 14.4 Å². The van der Waals surface area contributed by atoms with Gasteiger partial charge in [0.2, 0.25) is 0 Å². The van der Waals surface area contributed by atoms with E-state index < -0.39 is 17.6 Å². The zero-order valence-electron chi connectivity index (χ0n) is 20.0. The number of amides is 3. The number of rotatable bonds is 3. The molecule has 3 rings (SSSR count). The first-order chi connectivity index (χ1) is 15.6. The SMILES string of the molecule is CCNC(=O)Nc1cc2c(cc1C(=O)OC)OCC[C@H]1CN(C(=O)OC(C)(C)C)CCN1C2. The largest absolute Gasteiger partial charge is 0.493 e. The molecule has 2 N–H and O–H groups in total. The molecule has 0 saturated carbocycles. The van der Waals surface area contributed by atoms with Crippen LogP contribution in [0.25, 0.3) is 0 Å². The quantitative estimate of drug-likeness (QED) is 0.665. The van der Waals surface area contributed by atoms with Crippen molar-refractivity contribution in [2.45, 2.75) is 52.3 Å². The van der Waals surface area contributed by atoms with Gasteiger partial charge in [-0.05, 0) is 46.2 Å². The summed E-state index contributed by atoms with van der Waals surface area (Å²) in [6.45, 7) is 10.6. The number of anilines is 1. The fraction of sp³-hybridized carbons (Fsp3) is 0.609. The Bertz CT molecular complexity index is 898. The summed E-state index contributed by atoms with van der Waals surface area (Å²) in [4.78, 5) is 41.0. The minimum Gasteiger partial charge on any atom is -0.493 e. The minimum atomic E-state index is -0.556. The van der Waals surface area contributed by atoms with E-state index in [-0.39, 0.29) is 17.7 Å². The number of methoxy groups -OCH3 is 1. The molecule has 0 radical (unpaired) electrons. The van der Waals surface area contributed by atoms with Gasteiger partial charge in [-0.1, -0.05) is 0 Å². The number of hydrogen-bond acceptors (Lipinski definition) is 7. The number of ether oxygens (including phenoxy) is 3. The van der Waals surface area contributed by atoms with Gasteiger partial charge in [0.15, 0.2) is 0 Å². The van der Waals surface area contributed by atoms with E-state index in [2.05, 4.69) is 15.5 Å². The summed E-state index contributed by atoms with van der Waals surface area (Å²) in [5.41, 5.74) is 0.904. The van der Waals surface area contributed by atoms with Gasteiger partial charge in [0.1, 0.15) is 11.4 Å². The summed E-state index contributed by atoms with van der Waals surface area (Å²) in [6.07, 6.45) is 0.423. The molecule has 182 valence electrons. The number of nitrogens with zero attached hydrogens (tertiary/aromatic N) is 2. The summed E-state index contributed by atoms with van der Waals surface area (Å²) in [7, 11) is 1.30. The van der Waals surface area contributed by atoms with Crippen LogP contribution in [0.15, 0.2) is 12.1 Å². The average Bonchev–Trinajstić information content (AvgIpc) is 2.72. The summed E-state index contributed by atoms with van der Waals surface area (Å²) in [6, 6.07) is 3.09. The van der Waals surface area contributed by atoms with Crippen molar-refractivity contribution >= 4 is 23.8 Å². The highest BCUT2D eigenvalue weighted by molar-refractivity contribution is 6.01.